The lowest BCUT2D eigenvalue weighted by Gasteiger charge is -2.26. The molecule has 0 aromatic heterocycles. The Morgan fingerprint density at radius 1 is 1.53 bits per heavy atom. The minimum atomic E-state index is -2.85. The molecule has 0 saturated carbocycles. The first-order chi connectivity index (χ1) is 7.87. The van der Waals surface area contributed by atoms with E-state index in [1.54, 1.807) is 7.11 Å². The summed E-state index contributed by atoms with van der Waals surface area (Å²) in [5.74, 6) is 0.514. The van der Waals surface area contributed by atoms with E-state index in [1.807, 2.05) is 6.92 Å². The molecule has 1 saturated heterocycles. The lowest BCUT2D eigenvalue weighted by molar-refractivity contribution is 0.190. The molecule has 1 fully saturated rings. The molecule has 2 atom stereocenters. The molecule has 0 spiro atoms. The van der Waals surface area contributed by atoms with Crippen molar-refractivity contribution in [2.75, 3.05) is 31.8 Å². The van der Waals surface area contributed by atoms with Gasteiger partial charge in [0.1, 0.15) is 0 Å². The number of nitrogens with two attached hydrogens (primary N) is 1. The van der Waals surface area contributed by atoms with Gasteiger partial charge in [0.2, 0.25) is 0 Å². The molecule has 0 aliphatic carbocycles. The molecule has 1 aliphatic rings. The normalized spacial score (nSPS) is 29.4. The first kappa shape index (κ1) is 14.9. The molecule has 6 heteroatoms. The van der Waals surface area contributed by atoms with Crippen molar-refractivity contribution in [2.45, 2.75) is 37.8 Å². The number of methoxy groups -OCH3 is 1. The summed E-state index contributed by atoms with van der Waals surface area (Å²) in [7, 11) is -1.17. The Balaban J connectivity index is 2.26. The summed E-state index contributed by atoms with van der Waals surface area (Å²) in [5, 5.41) is 3.30. The van der Waals surface area contributed by atoms with Crippen LogP contribution in [0.25, 0.3) is 0 Å². The fraction of sp³-hybridized carbons (Fsp3) is 1.00. The first-order valence-corrected chi connectivity index (χ1v) is 7.89. The first-order valence-electron chi connectivity index (χ1n) is 6.07. The molecule has 0 aromatic rings. The van der Waals surface area contributed by atoms with Crippen molar-refractivity contribution in [3.63, 3.8) is 0 Å². The third-order valence-electron chi connectivity index (χ3n) is 3.22. The van der Waals surface area contributed by atoms with Crippen LogP contribution >= 0.6 is 0 Å². The van der Waals surface area contributed by atoms with Gasteiger partial charge in [-0.2, -0.15) is 0 Å². The Hall–Kier alpha value is -0.170. The lowest BCUT2D eigenvalue weighted by Crippen LogP contribution is -2.48. The third-order valence-corrected chi connectivity index (χ3v) is 5.12. The van der Waals surface area contributed by atoms with Crippen molar-refractivity contribution in [1.82, 2.24) is 5.32 Å². The van der Waals surface area contributed by atoms with Crippen molar-refractivity contribution in [3.8, 4) is 0 Å². The van der Waals surface area contributed by atoms with Crippen molar-refractivity contribution in [3.05, 3.63) is 0 Å². The van der Waals surface area contributed by atoms with Gasteiger partial charge in [0.25, 0.3) is 0 Å². The van der Waals surface area contributed by atoms with Crippen molar-refractivity contribution in [1.29, 1.82) is 0 Å². The summed E-state index contributed by atoms with van der Waals surface area (Å²) in [6.45, 7) is 3.34. The van der Waals surface area contributed by atoms with Gasteiger partial charge in [-0.05, 0) is 26.2 Å². The molecule has 0 radical (unpaired) electrons. The van der Waals surface area contributed by atoms with Gasteiger partial charge in [0.05, 0.1) is 11.5 Å². The maximum Gasteiger partial charge on any atom is 0.152 e. The van der Waals surface area contributed by atoms with E-state index < -0.39 is 9.84 Å². The van der Waals surface area contributed by atoms with Crippen LogP contribution in [0.5, 0.6) is 0 Å². The number of rotatable bonds is 7. The molecule has 0 amide bonds. The fourth-order valence-corrected chi connectivity index (χ4v) is 4.24. The average molecular weight is 264 g/mol. The summed E-state index contributed by atoms with van der Waals surface area (Å²) < 4.78 is 27.8. The standard InChI is InChI=1S/C11H24N2O3S/c1-11(5-7-17(14,15)9-11)13-8-10(12)4-3-6-16-2/h10,13H,3-9,12H2,1-2H3. The van der Waals surface area contributed by atoms with Crippen LogP contribution in [-0.4, -0.2) is 51.8 Å². The van der Waals surface area contributed by atoms with Gasteiger partial charge >= 0.3 is 0 Å². The molecule has 3 N–H and O–H groups in total. The SMILES string of the molecule is COCCCC(N)CNC1(C)CCS(=O)(=O)C1. The monoisotopic (exact) mass is 264 g/mol. The minimum absolute atomic E-state index is 0.0604. The Morgan fingerprint density at radius 2 is 2.24 bits per heavy atom. The van der Waals surface area contributed by atoms with Gasteiger partial charge in [-0.15, -0.1) is 0 Å². The van der Waals surface area contributed by atoms with E-state index in [-0.39, 0.29) is 23.1 Å². The highest BCUT2D eigenvalue weighted by Gasteiger charge is 2.37. The molecule has 2 unspecified atom stereocenters. The number of ether oxygens (including phenoxy) is 1. The average Bonchev–Trinajstić information content (AvgIpc) is 2.52. The molecule has 17 heavy (non-hydrogen) atoms. The minimum Gasteiger partial charge on any atom is -0.385 e. The van der Waals surface area contributed by atoms with E-state index in [0.717, 1.165) is 19.4 Å². The van der Waals surface area contributed by atoms with Gasteiger partial charge in [0.15, 0.2) is 9.84 Å². The van der Waals surface area contributed by atoms with Crippen molar-refractivity contribution < 1.29 is 13.2 Å². The van der Waals surface area contributed by atoms with E-state index >= 15 is 0 Å². The highest BCUT2D eigenvalue weighted by molar-refractivity contribution is 7.91. The Kier molecular flexibility index (Phi) is 5.37. The van der Waals surface area contributed by atoms with E-state index in [1.165, 1.54) is 0 Å². The van der Waals surface area contributed by atoms with Crippen LogP contribution in [0.4, 0.5) is 0 Å². The van der Waals surface area contributed by atoms with Gasteiger partial charge in [-0.25, -0.2) is 8.42 Å². The molecule has 0 aromatic carbocycles. The Labute approximate surface area is 104 Å². The smallest absolute Gasteiger partial charge is 0.152 e. The van der Waals surface area contributed by atoms with Gasteiger partial charge in [-0.1, -0.05) is 0 Å². The van der Waals surface area contributed by atoms with Crippen LogP contribution in [0.1, 0.15) is 26.2 Å². The summed E-state index contributed by atoms with van der Waals surface area (Å²) in [5.41, 5.74) is 5.66. The van der Waals surface area contributed by atoms with E-state index in [0.29, 0.717) is 13.0 Å². The zero-order chi connectivity index (χ0) is 12.9. The highest BCUT2D eigenvalue weighted by Crippen LogP contribution is 2.22. The maximum atomic E-state index is 11.4. The van der Waals surface area contributed by atoms with Crippen LogP contribution in [0.3, 0.4) is 0 Å². The quantitative estimate of drug-likeness (QED) is 0.628. The predicted molar refractivity (Wildman–Crippen MR) is 68.8 cm³/mol. The second-order valence-electron chi connectivity index (χ2n) is 5.18. The Bertz CT molecular complexity index is 332. The van der Waals surface area contributed by atoms with E-state index in [9.17, 15) is 8.42 Å². The number of hydrogen-bond donors (Lipinski definition) is 2. The van der Waals surface area contributed by atoms with Crippen LogP contribution < -0.4 is 11.1 Å². The number of nitrogens with one attached hydrogen (secondary N) is 1. The molecule has 1 heterocycles. The van der Waals surface area contributed by atoms with Crippen molar-refractivity contribution in [2.24, 2.45) is 5.73 Å². The zero-order valence-corrected chi connectivity index (χ0v) is 11.6. The van der Waals surface area contributed by atoms with Crippen LogP contribution in [0, 0.1) is 0 Å². The second kappa shape index (κ2) is 6.13. The molecule has 5 nitrogen and oxygen atoms in total. The second-order valence-corrected chi connectivity index (χ2v) is 7.36. The third kappa shape index (κ3) is 5.33. The predicted octanol–water partition coefficient (Wildman–Crippen LogP) is -0.0929. The summed E-state index contributed by atoms with van der Waals surface area (Å²) in [4.78, 5) is 0. The zero-order valence-electron chi connectivity index (χ0n) is 10.7. The summed E-state index contributed by atoms with van der Waals surface area (Å²) >= 11 is 0. The van der Waals surface area contributed by atoms with E-state index in [2.05, 4.69) is 5.32 Å². The lowest BCUT2D eigenvalue weighted by atomic mass is 10.0. The largest absolute Gasteiger partial charge is 0.385 e. The van der Waals surface area contributed by atoms with E-state index in [4.69, 9.17) is 10.5 Å². The molecule has 0 bridgehead atoms. The van der Waals surface area contributed by atoms with Gasteiger partial charge in [-0.3, -0.25) is 0 Å². The highest BCUT2D eigenvalue weighted by atomic mass is 32.2. The molecule has 102 valence electrons. The van der Waals surface area contributed by atoms with Gasteiger partial charge < -0.3 is 15.8 Å². The van der Waals surface area contributed by atoms with Crippen LogP contribution in [-0.2, 0) is 14.6 Å². The summed E-state index contributed by atoms with van der Waals surface area (Å²) in [6.07, 6.45) is 2.51. The molecule has 1 aliphatic heterocycles. The fourth-order valence-electron chi connectivity index (χ4n) is 2.12. The van der Waals surface area contributed by atoms with Crippen molar-refractivity contribution >= 4 is 9.84 Å². The summed E-state index contributed by atoms with van der Waals surface area (Å²) in [6, 6.07) is 0.0604. The number of sulfone groups is 1. The van der Waals surface area contributed by atoms with Crippen LogP contribution in [0.2, 0.25) is 0 Å². The molecule has 1 rings (SSSR count). The number of hydrogen-bond acceptors (Lipinski definition) is 5. The van der Waals surface area contributed by atoms with Crippen LogP contribution in [0.15, 0.2) is 0 Å². The Morgan fingerprint density at radius 3 is 2.76 bits per heavy atom. The van der Waals surface area contributed by atoms with Gasteiger partial charge in [0, 0.05) is 31.8 Å². The maximum absolute atomic E-state index is 11.4. The molecular weight excluding hydrogens is 240 g/mol. The topological polar surface area (TPSA) is 81.4 Å². The molecular formula is C11H24N2O3S.